The quantitative estimate of drug-likeness (QED) is 0.748. The first-order valence-electron chi connectivity index (χ1n) is 7.75. The Morgan fingerprint density at radius 1 is 1.19 bits per heavy atom. The van der Waals surface area contributed by atoms with Crippen LogP contribution in [0.5, 0.6) is 0 Å². The van der Waals surface area contributed by atoms with E-state index in [2.05, 4.69) is 38.1 Å². The Kier molecular flexibility index (Phi) is 4.71. The Morgan fingerprint density at radius 3 is 2.52 bits per heavy atom. The van der Waals surface area contributed by atoms with Gasteiger partial charge in [0.05, 0.1) is 6.10 Å². The van der Waals surface area contributed by atoms with Crippen LogP contribution in [-0.2, 0) is 9.53 Å². The van der Waals surface area contributed by atoms with Gasteiger partial charge in [0.15, 0.2) is 0 Å². The molecule has 0 saturated carbocycles. The third kappa shape index (κ3) is 3.29. The summed E-state index contributed by atoms with van der Waals surface area (Å²) >= 11 is 0. The average Bonchev–Trinajstić information content (AvgIpc) is 2.88. The lowest BCUT2D eigenvalue weighted by Crippen LogP contribution is -2.22. The van der Waals surface area contributed by atoms with E-state index in [-0.39, 0.29) is 18.1 Å². The number of esters is 1. The molecule has 0 bridgehead atoms. The van der Waals surface area contributed by atoms with Gasteiger partial charge in [-0.3, -0.25) is 0 Å². The molecule has 114 valence electrons. The van der Waals surface area contributed by atoms with Crippen LogP contribution in [0, 0.1) is 0 Å². The number of carbonyl (C=O) groups excluding carboxylic acids is 1. The van der Waals surface area contributed by atoms with E-state index in [9.17, 15) is 4.79 Å². The lowest BCUT2D eigenvalue weighted by atomic mass is 10.0. The summed E-state index contributed by atoms with van der Waals surface area (Å²) in [5.74, 6) is 0.334. The summed E-state index contributed by atoms with van der Waals surface area (Å²) in [4.78, 5) is 12.2. The molecule has 0 N–H and O–H groups in total. The predicted molar refractivity (Wildman–Crippen MR) is 86.6 cm³/mol. The molecule has 21 heavy (non-hydrogen) atoms. The minimum atomic E-state index is -0.304. The molecule has 2 atom stereocenters. The van der Waals surface area contributed by atoms with E-state index in [0.29, 0.717) is 5.92 Å². The number of rotatable bonds is 5. The summed E-state index contributed by atoms with van der Waals surface area (Å²) < 4.78 is 7.43. The minimum Gasteiger partial charge on any atom is -0.461 e. The van der Waals surface area contributed by atoms with E-state index in [1.807, 2.05) is 31.5 Å². The van der Waals surface area contributed by atoms with Gasteiger partial charge in [0.25, 0.3) is 0 Å². The summed E-state index contributed by atoms with van der Waals surface area (Å²) in [5.41, 5.74) is 2.39. The molecule has 0 fully saturated rings. The molecule has 1 aromatic carbocycles. The average molecular weight is 287 g/mol. The highest BCUT2D eigenvalue weighted by Gasteiger charge is 2.19. The van der Waals surface area contributed by atoms with E-state index < -0.39 is 0 Å². The molecule has 2 rings (SSSR count). The number of ether oxygens (including phenoxy) is 1. The molecule has 0 amide bonds. The van der Waals surface area contributed by atoms with Gasteiger partial charge < -0.3 is 9.30 Å². The van der Waals surface area contributed by atoms with E-state index in [1.165, 1.54) is 10.9 Å². The van der Waals surface area contributed by atoms with Crippen LogP contribution < -0.4 is 0 Å². The maximum Gasteiger partial charge on any atom is 0.329 e. The van der Waals surface area contributed by atoms with Crippen molar-refractivity contribution in [1.29, 1.82) is 0 Å². The summed E-state index contributed by atoms with van der Waals surface area (Å²) in [6.45, 7) is 10.2. The SMILES string of the molecule is CCC(C)OC(=O)C(C)n1ccc2cc(C(C)C)ccc21. The molecule has 2 aromatic rings. The lowest BCUT2D eigenvalue weighted by Gasteiger charge is -2.18. The first-order chi connectivity index (χ1) is 9.93. The van der Waals surface area contributed by atoms with Crippen molar-refractivity contribution in [2.75, 3.05) is 0 Å². The Morgan fingerprint density at radius 2 is 1.90 bits per heavy atom. The van der Waals surface area contributed by atoms with Crippen LogP contribution in [0.4, 0.5) is 0 Å². The Balaban J connectivity index is 2.28. The van der Waals surface area contributed by atoms with Crippen molar-refractivity contribution < 1.29 is 9.53 Å². The molecule has 2 unspecified atom stereocenters. The second-order valence-corrected chi connectivity index (χ2v) is 6.03. The zero-order valence-electron chi connectivity index (χ0n) is 13.6. The van der Waals surface area contributed by atoms with Gasteiger partial charge in [-0.1, -0.05) is 26.8 Å². The monoisotopic (exact) mass is 287 g/mol. The molecule has 3 heteroatoms. The van der Waals surface area contributed by atoms with Gasteiger partial charge in [-0.2, -0.15) is 0 Å². The second-order valence-electron chi connectivity index (χ2n) is 6.03. The van der Waals surface area contributed by atoms with Gasteiger partial charge in [0.1, 0.15) is 6.04 Å². The topological polar surface area (TPSA) is 31.2 Å². The number of hydrogen-bond acceptors (Lipinski definition) is 2. The Bertz CT molecular complexity index is 627. The number of hydrogen-bond donors (Lipinski definition) is 0. The number of benzene rings is 1. The third-order valence-corrected chi connectivity index (χ3v) is 4.06. The minimum absolute atomic E-state index is 0.0330. The van der Waals surface area contributed by atoms with Crippen LogP contribution in [0.1, 0.15) is 58.6 Å². The molecule has 1 heterocycles. The molecular weight excluding hydrogens is 262 g/mol. The highest BCUT2D eigenvalue weighted by Crippen LogP contribution is 2.25. The maximum absolute atomic E-state index is 12.2. The van der Waals surface area contributed by atoms with Crippen molar-refractivity contribution in [3.63, 3.8) is 0 Å². The molecule has 0 spiro atoms. The molecule has 0 aliphatic rings. The number of carbonyl (C=O) groups is 1. The first-order valence-corrected chi connectivity index (χ1v) is 7.75. The van der Waals surface area contributed by atoms with Gasteiger partial charge in [-0.15, -0.1) is 0 Å². The molecule has 0 saturated heterocycles. The lowest BCUT2D eigenvalue weighted by molar-refractivity contribution is -0.151. The van der Waals surface area contributed by atoms with Crippen LogP contribution in [0.2, 0.25) is 0 Å². The zero-order chi connectivity index (χ0) is 15.6. The van der Waals surface area contributed by atoms with Crippen LogP contribution in [-0.4, -0.2) is 16.6 Å². The smallest absolute Gasteiger partial charge is 0.329 e. The van der Waals surface area contributed by atoms with Crippen molar-refractivity contribution in [2.24, 2.45) is 0 Å². The van der Waals surface area contributed by atoms with Crippen LogP contribution >= 0.6 is 0 Å². The summed E-state index contributed by atoms with van der Waals surface area (Å²) in [5, 5.41) is 1.17. The van der Waals surface area contributed by atoms with Gasteiger partial charge in [-0.05, 0) is 55.3 Å². The fraction of sp³-hybridized carbons (Fsp3) is 0.500. The molecule has 0 aliphatic carbocycles. The fourth-order valence-corrected chi connectivity index (χ4v) is 2.37. The largest absolute Gasteiger partial charge is 0.461 e. The van der Waals surface area contributed by atoms with E-state index in [1.54, 1.807) is 0 Å². The van der Waals surface area contributed by atoms with E-state index in [0.717, 1.165) is 11.9 Å². The van der Waals surface area contributed by atoms with E-state index >= 15 is 0 Å². The highest BCUT2D eigenvalue weighted by molar-refractivity contribution is 5.84. The molecule has 1 aromatic heterocycles. The Labute approximate surface area is 126 Å². The molecule has 0 aliphatic heterocycles. The van der Waals surface area contributed by atoms with Crippen LogP contribution in [0.3, 0.4) is 0 Å². The highest BCUT2D eigenvalue weighted by atomic mass is 16.5. The van der Waals surface area contributed by atoms with E-state index in [4.69, 9.17) is 4.74 Å². The standard InChI is InChI=1S/C18H25NO2/c1-6-13(4)21-18(20)14(5)19-10-9-16-11-15(12(2)3)7-8-17(16)19/h7-14H,6H2,1-5H3. The molecular formula is C18H25NO2. The molecule has 0 radical (unpaired) electrons. The van der Waals surface area contributed by atoms with Crippen LogP contribution in [0.25, 0.3) is 10.9 Å². The summed E-state index contributed by atoms with van der Waals surface area (Å²) in [6.07, 6.45) is 2.77. The first kappa shape index (κ1) is 15.6. The third-order valence-electron chi connectivity index (χ3n) is 4.06. The fourth-order valence-electron chi connectivity index (χ4n) is 2.37. The zero-order valence-corrected chi connectivity index (χ0v) is 13.6. The van der Waals surface area contributed by atoms with Crippen LogP contribution in [0.15, 0.2) is 30.5 Å². The normalized spacial score (nSPS) is 14.4. The van der Waals surface area contributed by atoms with Gasteiger partial charge in [0.2, 0.25) is 0 Å². The Hall–Kier alpha value is -1.77. The van der Waals surface area contributed by atoms with Crippen molar-refractivity contribution in [1.82, 2.24) is 4.57 Å². The number of fused-ring (bicyclic) bond motifs is 1. The van der Waals surface area contributed by atoms with Crippen molar-refractivity contribution in [3.8, 4) is 0 Å². The predicted octanol–water partition coefficient (Wildman–Crippen LogP) is 4.67. The van der Waals surface area contributed by atoms with Gasteiger partial charge in [0, 0.05) is 11.7 Å². The number of aromatic nitrogens is 1. The molecule has 3 nitrogen and oxygen atoms in total. The number of nitrogens with zero attached hydrogens (tertiary/aromatic N) is 1. The maximum atomic E-state index is 12.2. The van der Waals surface area contributed by atoms with Crippen molar-refractivity contribution >= 4 is 16.9 Å². The van der Waals surface area contributed by atoms with Gasteiger partial charge >= 0.3 is 5.97 Å². The van der Waals surface area contributed by atoms with Gasteiger partial charge in [-0.25, -0.2) is 4.79 Å². The van der Waals surface area contributed by atoms with Crippen molar-refractivity contribution in [2.45, 2.75) is 59.1 Å². The summed E-state index contributed by atoms with van der Waals surface area (Å²) in [6, 6.07) is 8.19. The van der Waals surface area contributed by atoms with Crippen molar-refractivity contribution in [3.05, 3.63) is 36.0 Å². The second kappa shape index (κ2) is 6.33. The summed E-state index contributed by atoms with van der Waals surface area (Å²) in [7, 11) is 0.